The number of rotatable bonds is 4. The third kappa shape index (κ3) is 2.25. The van der Waals surface area contributed by atoms with Crippen molar-refractivity contribution in [3.05, 3.63) is 52.2 Å². The van der Waals surface area contributed by atoms with Crippen molar-refractivity contribution in [2.45, 2.75) is 18.9 Å². The highest BCUT2D eigenvalue weighted by molar-refractivity contribution is 7.10. The number of benzene rings is 1. The van der Waals surface area contributed by atoms with Crippen LogP contribution in [-0.2, 0) is 0 Å². The van der Waals surface area contributed by atoms with Gasteiger partial charge >= 0.3 is 0 Å². The molecule has 1 unspecified atom stereocenters. The van der Waals surface area contributed by atoms with Crippen molar-refractivity contribution in [2.24, 2.45) is 5.92 Å². The number of halogens is 2. The average Bonchev–Trinajstić information content (AvgIpc) is 3.06. The van der Waals surface area contributed by atoms with Gasteiger partial charge in [0.15, 0.2) is 11.6 Å². The van der Waals surface area contributed by atoms with Crippen LogP contribution in [0.15, 0.2) is 35.7 Å². The molecule has 1 nitrogen and oxygen atoms in total. The molecule has 94 valence electrons. The second kappa shape index (κ2) is 4.69. The van der Waals surface area contributed by atoms with Crippen molar-refractivity contribution in [3.8, 4) is 0 Å². The molecular weight excluding hydrogens is 252 g/mol. The van der Waals surface area contributed by atoms with Crippen molar-refractivity contribution >= 4 is 17.0 Å². The minimum absolute atomic E-state index is 0.0984. The van der Waals surface area contributed by atoms with E-state index in [1.54, 1.807) is 17.4 Å². The monoisotopic (exact) mass is 265 g/mol. The molecule has 1 heterocycles. The molecule has 1 atom stereocenters. The van der Waals surface area contributed by atoms with Gasteiger partial charge in [-0.05, 0) is 42.3 Å². The highest BCUT2D eigenvalue weighted by Gasteiger charge is 2.33. The van der Waals surface area contributed by atoms with Gasteiger partial charge in [0.1, 0.15) is 0 Å². The molecule has 2 aromatic rings. The first kappa shape index (κ1) is 11.7. The van der Waals surface area contributed by atoms with E-state index in [-0.39, 0.29) is 11.7 Å². The highest BCUT2D eigenvalue weighted by Crippen LogP contribution is 2.44. The molecule has 3 rings (SSSR count). The molecular formula is C14H13F2NS. The molecule has 1 aromatic carbocycles. The van der Waals surface area contributed by atoms with Gasteiger partial charge in [-0.2, -0.15) is 0 Å². The Morgan fingerprint density at radius 3 is 2.67 bits per heavy atom. The van der Waals surface area contributed by atoms with Crippen LogP contribution < -0.4 is 5.32 Å². The van der Waals surface area contributed by atoms with Crippen LogP contribution in [0.2, 0.25) is 0 Å². The number of anilines is 1. The molecule has 0 bridgehead atoms. The van der Waals surface area contributed by atoms with E-state index in [2.05, 4.69) is 5.32 Å². The summed E-state index contributed by atoms with van der Waals surface area (Å²) in [5, 5.41) is 5.16. The smallest absolute Gasteiger partial charge is 0.181 e. The SMILES string of the molecule is Fc1cccc(NC(c2cccs2)C2CC2)c1F. The fraction of sp³-hybridized carbons (Fsp3) is 0.286. The van der Waals surface area contributed by atoms with Crippen LogP contribution in [0.1, 0.15) is 23.8 Å². The molecule has 1 aliphatic carbocycles. The lowest BCUT2D eigenvalue weighted by Crippen LogP contribution is -2.13. The van der Waals surface area contributed by atoms with E-state index in [9.17, 15) is 8.78 Å². The van der Waals surface area contributed by atoms with E-state index in [1.165, 1.54) is 10.9 Å². The maximum atomic E-state index is 13.7. The standard InChI is InChI=1S/C14H13F2NS/c15-10-3-1-4-11(13(10)16)17-14(9-6-7-9)12-5-2-8-18-12/h1-5,8-9,14,17H,6-7H2. The van der Waals surface area contributed by atoms with Crippen LogP contribution in [0.4, 0.5) is 14.5 Å². The summed E-state index contributed by atoms with van der Waals surface area (Å²) >= 11 is 1.65. The van der Waals surface area contributed by atoms with Crippen molar-refractivity contribution in [2.75, 3.05) is 5.32 Å². The number of nitrogens with one attached hydrogen (secondary N) is 1. The summed E-state index contributed by atoms with van der Waals surface area (Å²) in [4.78, 5) is 1.18. The second-order valence-electron chi connectivity index (χ2n) is 4.58. The maximum absolute atomic E-state index is 13.7. The third-order valence-electron chi connectivity index (χ3n) is 3.21. The summed E-state index contributed by atoms with van der Waals surface area (Å²) < 4.78 is 26.8. The van der Waals surface area contributed by atoms with Crippen LogP contribution in [0.3, 0.4) is 0 Å². The van der Waals surface area contributed by atoms with Crippen LogP contribution in [0.5, 0.6) is 0 Å². The molecule has 1 N–H and O–H groups in total. The lowest BCUT2D eigenvalue weighted by Gasteiger charge is -2.18. The van der Waals surface area contributed by atoms with Gasteiger partial charge in [0, 0.05) is 4.88 Å². The lowest BCUT2D eigenvalue weighted by atomic mass is 10.1. The van der Waals surface area contributed by atoms with E-state index in [1.807, 2.05) is 17.5 Å². The van der Waals surface area contributed by atoms with E-state index < -0.39 is 11.6 Å². The highest BCUT2D eigenvalue weighted by atomic mass is 32.1. The number of hydrogen-bond donors (Lipinski definition) is 1. The van der Waals surface area contributed by atoms with Crippen molar-refractivity contribution in [1.29, 1.82) is 0 Å². The molecule has 0 saturated heterocycles. The van der Waals surface area contributed by atoms with Crippen LogP contribution in [0.25, 0.3) is 0 Å². The zero-order chi connectivity index (χ0) is 12.5. The Hall–Kier alpha value is -1.42. The predicted octanol–water partition coefficient (Wildman–Crippen LogP) is 4.59. The van der Waals surface area contributed by atoms with Gasteiger partial charge < -0.3 is 5.32 Å². The van der Waals surface area contributed by atoms with Gasteiger partial charge in [0.2, 0.25) is 0 Å². The first-order chi connectivity index (χ1) is 8.75. The summed E-state index contributed by atoms with van der Waals surface area (Å²) in [6, 6.07) is 8.37. The Morgan fingerprint density at radius 1 is 1.17 bits per heavy atom. The Kier molecular flexibility index (Phi) is 3.04. The van der Waals surface area contributed by atoms with Crippen molar-refractivity contribution in [3.63, 3.8) is 0 Å². The van der Waals surface area contributed by atoms with Crippen molar-refractivity contribution < 1.29 is 8.78 Å². The number of hydrogen-bond acceptors (Lipinski definition) is 2. The predicted molar refractivity (Wildman–Crippen MR) is 69.8 cm³/mol. The molecule has 18 heavy (non-hydrogen) atoms. The van der Waals surface area contributed by atoms with Crippen LogP contribution in [0, 0.1) is 17.6 Å². The van der Waals surface area contributed by atoms with Gasteiger partial charge in [-0.3, -0.25) is 0 Å². The Balaban J connectivity index is 1.87. The van der Waals surface area contributed by atoms with Crippen LogP contribution in [-0.4, -0.2) is 0 Å². The fourth-order valence-electron chi connectivity index (χ4n) is 2.10. The first-order valence-electron chi connectivity index (χ1n) is 5.99. The van der Waals surface area contributed by atoms with Crippen molar-refractivity contribution in [1.82, 2.24) is 0 Å². The number of thiophene rings is 1. The van der Waals surface area contributed by atoms with E-state index in [0.29, 0.717) is 5.92 Å². The van der Waals surface area contributed by atoms with Gasteiger partial charge in [-0.25, -0.2) is 8.78 Å². The Bertz CT molecular complexity index is 535. The van der Waals surface area contributed by atoms with E-state index in [4.69, 9.17) is 0 Å². The van der Waals surface area contributed by atoms with E-state index in [0.717, 1.165) is 18.9 Å². The first-order valence-corrected chi connectivity index (χ1v) is 6.87. The average molecular weight is 265 g/mol. The molecule has 1 fully saturated rings. The summed E-state index contributed by atoms with van der Waals surface area (Å²) in [6.45, 7) is 0. The molecule has 0 aliphatic heterocycles. The largest absolute Gasteiger partial charge is 0.375 e. The fourth-order valence-corrected chi connectivity index (χ4v) is 2.97. The molecule has 0 amide bonds. The Morgan fingerprint density at radius 2 is 2.00 bits per heavy atom. The molecule has 1 saturated carbocycles. The van der Waals surface area contributed by atoms with Crippen LogP contribution >= 0.6 is 11.3 Å². The normalized spacial score (nSPS) is 16.6. The molecule has 0 radical (unpaired) electrons. The maximum Gasteiger partial charge on any atom is 0.181 e. The van der Waals surface area contributed by atoms with Gasteiger partial charge in [-0.1, -0.05) is 12.1 Å². The Labute approximate surface area is 108 Å². The molecule has 1 aliphatic rings. The topological polar surface area (TPSA) is 12.0 Å². The van der Waals surface area contributed by atoms with Gasteiger partial charge in [-0.15, -0.1) is 11.3 Å². The molecule has 0 spiro atoms. The molecule has 1 aromatic heterocycles. The zero-order valence-corrected chi connectivity index (χ0v) is 10.5. The zero-order valence-electron chi connectivity index (χ0n) is 9.70. The van der Waals surface area contributed by atoms with E-state index >= 15 is 0 Å². The third-order valence-corrected chi connectivity index (χ3v) is 4.16. The molecule has 4 heteroatoms. The van der Waals surface area contributed by atoms with Gasteiger partial charge in [0.05, 0.1) is 11.7 Å². The quantitative estimate of drug-likeness (QED) is 0.852. The summed E-state index contributed by atoms with van der Waals surface area (Å²) in [5.74, 6) is -1.06. The lowest BCUT2D eigenvalue weighted by molar-refractivity contribution is 0.508. The summed E-state index contributed by atoms with van der Waals surface area (Å²) in [5.41, 5.74) is 0.250. The minimum Gasteiger partial charge on any atom is -0.375 e. The minimum atomic E-state index is -0.805. The summed E-state index contributed by atoms with van der Waals surface area (Å²) in [6.07, 6.45) is 2.29. The summed E-state index contributed by atoms with van der Waals surface area (Å²) in [7, 11) is 0. The van der Waals surface area contributed by atoms with Gasteiger partial charge in [0.25, 0.3) is 0 Å². The second-order valence-corrected chi connectivity index (χ2v) is 5.56.